The molecule has 15 heteroatoms. The molecule has 0 spiro atoms. The zero-order chi connectivity index (χ0) is 34.6. The van der Waals surface area contributed by atoms with E-state index in [1.807, 2.05) is 0 Å². The summed E-state index contributed by atoms with van der Waals surface area (Å²) in [5.74, 6) is -18.2. The summed E-state index contributed by atoms with van der Waals surface area (Å²) in [4.78, 5) is 53.2. The third kappa shape index (κ3) is 7.68. The molecule has 1 heterocycles. The van der Waals surface area contributed by atoms with Crippen molar-refractivity contribution >= 4 is 23.8 Å². The van der Waals surface area contributed by atoms with Crippen LogP contribution in [-0.2, 0) is 36.7 Å². The number of cyclic esters (lactones) is 2. The first kappa shape index (κ1) is 34.8. The van der Waals surface area contributed by atoms with Gasteiger partial charge in [-0.3, -0.25) is 14.4 Å². The maximum atomic E-state index is 14.7. The number of esters is 2. The van der Waals surface area contributed by atoms with Gasteiger partial charge in [0.2, 0.25) is 17.8 Å². The summed E-state index contributed by atoms with van der Waals surface area (Å²) in [6.07, 6.45) is -6.75. The van der Waals surface area contributed by atoms with Crippen LogP contribution in [0.2, 0.25) is 0 Å². The van der Waals surface area contributed by atoms with Crippen LogP contribution in [0.3, 0.4) is 0 Å². The Morgan fingerprint density at radius 3 is 2.00 bits per heavy atom. The predicted octanol–water partition coefficient (Wildman–Crippen LogP) is 3.01. The maximum absolute atomic E-state index is 14.7. The standard InChI is InChI=1S/C32H29F5N2O8/c1-14-28(41)19(13-18-22(33)24(35)26(37)25(36)23(18)34)38-30(43)27(39-29(42)17-10-6-7-11-20(17)40)15(2)46-32(45)21(47-31(14)44)12-16-8-4-3-5-9-16/h3-11,14-15,19,21,27-28,40-41H,12-13H2,1-2H3,(H,38,43)(H,39,42)/t14-,15-,19+,21?,27+,28+/m1/s1. The van der Waals surface area contributed by atoms with E-state index in [9.17, 15) is 51.3 Å². The number of aromatic hydroxyl groups is 1. The fraction of sp³-hybridized carbons (Fsp3) is 0.312. The van der Waals surface area contributed by atoms with Crippen molar-refractivity contribution in [1.82, 2.24) is 10.6 Å². The Balaban J connectivity index is 1.77. The van der Waals surface area contributed by atoms with Crippen molar-refractivity contribution in [3.8, 4) is 5.75 Å². The first-order chi connectivity index (χ1) is 22.2. The molecular formula is C32H29F5N2O8. The molecule has 10 nitrogen and oxygen atoms in total. The summed E-state index contributed by atoms with van der Waals surface area (Å²) in [5, 5.41) is 25.8. The number of benzene rings is 3. The first-order valence-electron chi connectivity index (χ1n) is 14.2. The number of phenolic OH excluding ortho intramolecular Hbond substituents is 1. The van der Waals surface area contributed by atoms with Gasteiger partial charge in [-0.25, -0.2) is 26.7 Å². The van der Waals surface area contributed by atoms with Crippen LogP contribution in [0.25, 0.3) is 0 Å². The van der Waals surface area contributed by atoms with Gasteiger partial charge in [0.25, 0.3) is 5.91 Å². The minimum atomic E-state index is -2.43. The Morgan fingerprint density at radius 1 is 0.809 bits per heavy atom. The fourth-order valence-electron chi connectivity index (χ4n) is 4.92. The second kappa shape index (κ2) is 14.6. The van der Waals surface area contributed by atoms with Crippen LogP contribution in [0.5, 0.6) is 5.75 Å². The van der Waals surface area contributed by atoms with Crippen molar-refractivity contribution in [1.29, 1.82) is 0 Å². The number of ether oxygens (including phenoxy) is 2. The number of nitrogens with one attached hydrogen (secondary N) is 2. The van der Waals surface area contributed by atoms with E-state index in [0.717, 1.165) is 6.92 Å². The number of hydrogen-bond donors (Lipinski definition) is 4. The Hall–Kier alpha value is -5.05. The van der Waals surface area contributed by atoms with Crippen LogP contribution in [-0.4, -0.2) is 64.4 Å². The number of phenols is 1. The second-order valence-corrected chi connectivity index (χ2v) is 10.9. The van der Waals surface area contributed by atoms with Gasteiger partial charge >= 0.3 is 11.9 Å². The average Bonchev–Trinajstić information content (AvgIpc) is 3.05. The molecule has 3 aromatic rings. The number of para-hydroxylation sites is 1. The van der Waals surface area contributed by atoms with E-state index >= 15 is 0 Å². The quantitative estimate of drug-likeness (QED) is 0.136. The lowest BCUT2D eigenvalue weighted by Gasteiger charge is -2.33. The monoisotopic (exact) mass is 664 g/mol. The van der Waals surface area contributed by atoms with E-state index < -0.39 is 107 Å². The Bertz CT molecular complexity index is 1650. The molecule has 0 radical (unpaired) electrons. The molecule has 0 aliphatic carbocycles. The molecule has 1 aliphatic heterocycles. The molecule has 0 aromatic heterocycles. The normalized spacial score (nSPS) is 23.9. The van der Waals surface area contributed by atoms with Gasteiger partial charge in [0.05, 0.1) is 23.6 Å². The number of amides is 2. The van der Waals surface area contributed by atoms with Crippen molar-refractivity contribution < 1.29 is 60.8 Å². The smallest absolute Gasteiger partial charge is 0.348 e. The minimum absolute atomic E-state index is 0.226. The van der Waals surface area contributed by atoms with Gasteiger partial charge in [-0.2, -0.15) is 0 Å². The van der Waals surface area contributed by atoms with Crippen molar-refractivity contribution in [3.05, 3.63) is 100 Å². The SMILES string of the molecule is C[C@H]1OC(=O)C(Cc2ccccc2)OC(=O)[C@H](C)[C@H](O)[C@H](Cc2c(F)c(F)c(F)c(F)c2F)NC(=O)[C@H]1NC(=O)c1ccccc1O. The van der Waals surface area contributed by atoms with Crippen molar-refractivity contribution in [2.45, 2.75) is 57.1 Å². The van der Waals surface area contributed by atoms with Crippen LogP contribution >= 0.6 is 0 Å². The highest BCUT2D eigenvalue weighted by Gasteiger charge is 2.41. The van der Waals surface area contributed by atoms with Crippen molar-refractivity contribution in [2.24, 2.45) is 5.92 Å². The molecule has 2 amide bonds. The van der Waals surface area contributed by atoms with Crippen molar-refractivity contribution in [3.63, 3.8) is 0 Å². The number of rotatable bonds is 6. The number of carbonyl (C=O) groups excluding carboxylic acids is 4. The highest BCUT2D eigenvalue weighted by Crippen LogP contribution is 2.26. The average molecular weight is 665 g/mol. The van der Waals surface area contributed by atoms with E-state index in [1.165, 1.54) is 31.2 Å². The predicted molar refractivity (Wildman–Crippen MR) is 152 cm³/mol. The molecule has 1 saturated heterocycles. The lowest BCUT2D eigenvalue weighted by molar-refractivity contribution is -0.177. The molecular weight excluding hydrogens is 635 g/mol. The van der Waals surface area contributed by atoms with Crippen LogP contribution < -0.4 is 10.6 Å². The van der Waals surface area contributed by atoms with E-state index in [0.29, 0.717) is 5.56 Å². The van der Waals surface area contributed by atoms with E-state index in [4.69, 9.17) is 9.47 Å². The topological polar surface area (TPSA) is 151 Å². The molecule has 1 unspecified atom stereocenters. The zero-order valence-corrected chi connectivity index (χ0v) is 24.8. The van der Waals surface area contributed by atoms with Gasteiger partial charge in [0, 0.05) is 18.4 Å². The van der Waals surface area contributed by atoms with Crippen LogP contribution in [0, 0.1) is 35.0 Å². The first-order valence-corrected chi connectivity index (χ1v) is 14.2. The third-order valence-electron chi connectivity index (χ3n) is 7.62. The number of hydrogen-bond acceptors (Lipinski definition) is 8. The van der Waals surface area contributed by atoms with Crippen molar-refractivity contribution in [2.75, 3.05) is 0 Å². The molecule has 1 aliphatic rings. The lowest BCUT2D eigenvalue weighted by Crippen LogP contribution is -2.59. The van der Waals surface area contributed by atoms with E-state index in [2.05, 4.69) is 10.6 Å². The molecule has 6 atom stereocenters. The summed E-state index contributed by atoms with van der Waals surface area (Å²) in [6, 6.07) is 9.65. The van der Waals surface area contributed by atoms with E-state index in [1.54, 1.807) is 30.3 Å². The Labute approximate surface area is 264 Å². The third-order valence-corrected chi connectivity index (χ3v) is 7.62. The van der Waals surface area contributed by atoms with Gasteiger partial charge in [-0.1, -0.05) is 42.5 Å². The number of carbonyl (C=O) groups is 4. The van der Waals surface area contributed by atoms with E-state index in [-0.39, 0.29) is 12.0 Å². The van der Waals surface area contributed by atoms with Gasteiger partial charge in [-0.05, 0) is 31.5 Å². The summed E-state index contributed by atoms with van der Waals surface area (Å²) in [6.45, 7) is 2.26. The molecule has 47 heavy (non-hydrogen) atoms. The summed E-state index contributed by atoms with van der Waals surface area (Å²) < 4.78 is 82.0. The van der Waals surface area contributed by atoms with Gasteiger partial charge < -0.3 is 30.3 Å². The number of aliphatic hydroxyl groups is 1. The molecule has 4 N–H and O–H groups in total. The maximum Gasteiger partial charge on any atom is 0.348 e. The lowest BCUT2D eigenvalue weighted by atomic mass is 9.91. The van der Waals surface area contributed by atoms with Gasteiger partial charge in [-0.15, -0.1) is 0 Å². The van der Waals surface area contributed by atoms with Crippen LogP contribution in [0.15, 0.2) is 54.6 Å². The Morgan fingerprint density at radius 2 is 1.38 bits per heavy atom. The second-order valence-electron chi connectivity index (χ2n) is 10.9. The summed E-state index contributed by atoms with van der Waals surface area (Å²) >= 11 is 0. The van der Waals surface area contributed by atoms with Gasteiger partial charge in [0.15, 0.2) is 23.3 Å². The summed E-state index contributed by atoms with van der Waals surface area (Å²) in [7, 11) is 0. The molecule has 4 rings (SSSR count). The minimum Gasteiger partial charge on any atom is -0.507 e. The molecule has 3 aromatic carbocycles. The largest absolute Gasteiger partial charge is 0.507 e. The highest BCUT2D eigenvalue weighted by molar-refractivity contribution is 6.00. The number of aliphatic hydroxyl groups excluding tert-OH is 1. The molecule has 1 fully saturated rings. The molecule has 0 saturated carbocycles. The number of halogens is 5. The molecule has 0 bridgehead atoms. The fourth-order valence-corrected chi connectivity index (χ4v) is 4.92. The summed E-state index contributed by atoms with van der Waals surface area (Å²) in [5.41, 5.74) is -1.19. The Kier molecular flexibility index (Phi) is 10.8. The van der Waals surface area contributed by atoms with Gasteiger partial charge in [0.1, 0.15) is 17.9 Å². The highest BCUT2D eigenvalue weighted by atomic mass is 19.2. The van der Waals surface area contributed by atoms with Crippen LogP contribution in [0.4, 0.5) is 22.0 Å². The zero-order valence-electron chi connectivity index (χ0n) is 24.8. The van der Waals surface area contributed by atoms with Crippen LogP contribution in [0.1, 0.15) is 35.3 Å². The molecule has 250 valence electrons.